The first kappa shape index (κ1) is 12.6. The molecule has 0 aliphatic rings. The third kappa shape index (κ3) is 3.62. The molecule has 1 rings (SSSR count). The average molecular weight is 242 g/mol. The normalized spacial score (nSPS) is 12.4. The Morgan fingerprint density at radius 3 is 2.69 bits per heavy atom. The second kappa shape index (κ2) is 5.60. The Morgan fingerprint density at radius 1 is 1.56 bits per heavy atom. The number of thiazole rings is 1. The van der Waals surface area contributed by atoms with Crippen LogP contribution in [0, 0.1) is 5.92 Å². The molecule has 0 aromatic carbocycles. The predicted molar refractivity (Wildman–Crippen MR) is 60.5 cm³/mol. The van der Waals surface area contributed by atoms with Crippen molar-refractivity contribution in [2.24, 2.45) is 5.92 Å². The Labute approximate surface area is 97.5 Å². The lowest BCUT2D eigenvalue weighted by Gasteiger charge is -2.15. The molecule has 0 saturated carbocycles. The SMILES string of the molecule is CC(C)C[C@@H](NC(=O)c1cncs1)C(=O)O. The molecule has 1 aromatic heterocycles. The Bertz CT molecular complexity index is 362. The first-order valence-corrected chi connectivity index (χ1v) is 5.80. The zero-order valence-electron chi connectivity index (χ0n) is 9.14. The fourth-order valence-electron chi connectivity index (χ4n) is 1.25. The van der Waals surface area contributed by atoms with Gasteiger partial charge in [0.25, 0.3) is 5.91 Å². The summed E-state index contributed by atoms with van der Waals surface area (Å²) in [6.07, 6.45) is 1.84. The summed E-state index contributed by atoms with van der Waals surface area (Å²) in [5.74, 6) is -1.18. The Hall–Kier alpha value is -1.43. The van der Waals surface area contributed by atoms with Crippen LogP contribution < -0.4 is 5.32 Å². The number of carboxylic acids is 1. The molecule has 1 amide bonds. The van der Waals surface area contributed by atoms with Gasteiger partial charge in [0.2, 0.25) is 0 Å². The van der Waals surface area contributed by atoms with Crippen molar-refractivity contribution in [2.45, 2.75) is 26.3 Å². The van der Waals surface area contributed by atoms with Crippen LogP contribution in [0.1, 0.15) is 29.9 Å². The van der Waals surface area contributed by atoms with Crippen molar-refractivity contribution in [3.63, 3.8) is 0 Å². The van der Waals surface area contributed by atoms with Crippen molar-refractivity contribution in [2.75, 3.05) is 0 Å². The molecule has 88 valence electrons. The maximum absolute atomic E-state index is 11.6. The summed E-state index contributed by atoms with van der Waals surface area (Å²) in [5, 5.41) is 11.4. The van der Waals surface area contributed by atoms with Crippen LogP contribution in [0.2, 0.25) is 0 Å². The van der Waals surface area contributed by atoms with Crippen molar-refractivity contribution < 1.29 is 14.7 Å². The standard InChI is InChI=1S/C10H14N2O3S/c1-6(2)3-7(10(14)15)12-9(13)8-4-11-5-16-8/h4-7H,3H2,1-2H3,(H,12,13)(H,14,15)/t7-/m1/s1. The number of aliphatic carboxylic acids is 1. The van der Waals surface area contributed by atoms with Crippen LogP contribution >= 0.6 is 11.3 Å². The largest absolute Gasteiger partial charge is 0.480 e. The smallest absolute Gasteiger partial charge is 0.326 e. The van der Waals surface area contributed by atoms with E-state index in [1.807, 2.05) is 13.8 Å². The number of carboxylic acid groups (broad SMARTS) is 1. The highest BCUT2D eigenvalue weighted by Gasteiger charge is 2.22. The van der Waals surface area contributed by atoms with Crippen LogP contribution in [0.25, 0.3) is 0 Å². The number of carbonyl (C=O) groups excluding carboxylic acids is 1. The van der Waals surface area contributed by atoms with E-state index < -0.39 is 12.0 Å². The topological polar surface area (TPSA) is 79.3 Å². The molecule has 0 radical (unpaired) electrons. The van der Waals surface area contributed by atoms with Gasteiger partial charge in [0, 0.05) is 0 Å². The third-order valence-corrected chi connectivity index (χ3v) is 2.74. The van der Waals surface area contributed by atoms with Gasteiger partial charge in [0.15, 0.2) is 0 Å². The van der Waals surface area contributed by atoms with Crippen LogP contribution in [0.4, 0.5) is 0 Å². The first-order chi connectivity index (χ1) is 7.50. The van der Waals surface area contributed by atoms with Gasteiger partial charge in [-0.1, -0.05) is 13.8 Å². The van der Waals surface area contributed by atoms with Crippen molar-refractivity contribution in [3.8, 4) is 0 Å². The van der Waals surface area contributed by atoms with Gasteiger partial charge in [0.1, 0.15) is 10.9 Å². The molecule has 0 aliphatic carbocycles. The highest BCUT2D eigenvalue weighted by molar-refractivity contribution is 7.11. The van der Waals surface area contributed by atoms with E-state index in [-0.39, 0.29) is 11.8 Å². The van der Waals surface area contributed by atoms with Crippen LogP contribution in [0.5, 0.6) is 0 Å². The second-order valence-electron chi connectivity index (χ2n) is 3.86. The number of hydrogen-bond donors (Lipinski definition) is 2. The van der Waals surface area contributed by atoms with Crippen LogP contribution in [0.15, 0.2) is 11.7 Å². The fourth-order valence-corrected chi connectivity index (χ4v) is 1.77. The van der Waals surface area contributed by atoms with Gasteiger partial charge in [-0.15, -0.1) is 11.3 Å². The summed E-state index contributed by atoms with van der Waals surface area (Å²) in [6.45, 7) is 3.82. The van der Waals surface area contributed by atoms with E-state index in [4.69, 9.17) is 5.11 Å². The minimum atomic E-state index is -1.01. The Morgan fingerprint density at radius 2 is 2.25 bits per heavy atom. The molecule has 0 saturated heterocycles. The highest BCUT2D eigenvalue weighted by Crippen LogP contribution is 2.09. The zero-order valence-corrected chi connectivity index (χ0v) is 9.95. The molecular weight excluding hydrogens is 228 g/mol. The first-order valence-electron chi connectivity index (χ1n) is 4.93. The monoisotopic (exact) mass is 242 g/mol. The van der Waals surface area contributed by atoms with E-state index in [1.54, 1.807) is 0 Å². The third-order valence-electron chi connectivity index (χ3n) is 1.97. The highest BCUT2D eigenvalue weighted by atomic mass is 32.1. The van der Waals surface area contributed by atoms with Crippen LogP contribution in [-0.4, -0.2) is 28.0 Å². The molecule has 2 N–H and O–H groups in total. The summed E-state index contributed by atoms with van der Waals surface area (Å²) >= 11 is 1.19. The zero-order chi connectivity index (χ0) is 12.1. The number of aromatic nitrogens is 1. The summed E-state index contributed by atoms with van der Waals surface area (Å²) in [5.41, 5.74) is 1.53. The molecule has 0 bridgehead atoms. The lowest BCUT2D eigenvalue weighted by atomic mass is 10.0. The lowest BCUT2D eigenvalue weighted by molar-refractivity contribution is -0.139. The van der Waals surface area contributed by atoms with Gasteiger partial charge >= 0.3 is 5.97 Å². The molecule has 0 spiro atoms. The van der Waals surface area contributed by atoms with Crippen molar-refractivity contribution in [3.05, 3.63) is 16.6 Å². The van der Waals surface area contributed by atoms with E-state index in [9.17, 15) is 9.59 Å². The number of nitrogens with one attached hydrogen (secondary N) is 1. The predicted octanol–water partition coefficient (Wildman–Crippen LogP) is 1.37. The molecule has 0 unspecified atom stereocenters. The molecule has 0 fully saturated rings. The fraction of sp³-hybridized carbons (Fsp3) is 0.500. The molecule has 0 aliphatic heterocycles. The van der Waals surface area contributed by atoms with E-state index in [0.717, 1.165) is 0 Å². The number of rotatable bonds is 5. The van der Waals surface area contributed by atoms with Gasteiger partial charge in [-0.3, -0.25) is 9.78 Å². The summed E-state index contributed by atoms with van der Waals surface area (Å²) in [7, 11) is 0. The van der Waals surface area contributed by atoms with Gasteiger partial charge in [-0.05, 0) is 12.3 Å². The van der Waals surface area contributed by atoms with E-state index in [0.29, 0.717) is 11.3 Å². The number of nitrogens with zero attached hydrogens (tertiary/aromatic N) is 1. The molecule has 6 heteroatoms. The van der Waals surface area contributed by atoms with E-state index in [1.165, 1.54) is 23.0 Å². The molecule has 16 heavy (non-hydrogen) atoms. The number of amides is 1. The summed E-state index contributed by atoms with van der Waals surface area (Å²) in [4.78, 5) is 26.7. The summed E-state index contributed by atoms with van der Waals surface area (Å²) < 4.78 is 0. The molecule has 5 nitrogen and oxygen atoms in total. The molecule has 1 atom stereocenters. The van der Waals surface area contributed by atoms with E-state index in [2.05, 4.69) is 10.3 Å². The number of hydrogen-bond acceptors (Lipinski definition) is 4. The summed E-state index contributed by atoms with van der Waals surface area (Å²) in [6, 6.07) is -0.838. The maximum atomic E-state index is 11.6. The van der Waals surface area contributed by atoms with Gasteiger partial charge in [0.05, 0.1) is 11.7 Å². The maximum Gasteiger partial charge on any atom is 0.326 e. The minimum Gasteiger partial charge on any atom is -0.480 e. The second-order valence-corrected chi connectivity index (χ2v) is 4.75. The van der Waals surface area contributed by atoms with Crippen molar-refractivity contribution in [1.29, 1.82) is 0 Å². The minimum absolute atomic E-state index is 0.211. The number of carbonyl (C=O) groups is 2. The Balaban J connectivity index is 2.62. The van der Waals surface area contributed by atoms with Crippen LogP contribution in [0.3, 0.4) is 0 Å². The lowest BCUT2D eigenvalue weighted by Crippen LogP contribution is -2.41. The molecule has 1 aromatic rings. The van der Waals surface area contributed by atoms with Crippen molar-refractivity contribution >= 4 is 23.2 Å². The van der Waals surface area contributed by atoms with Gasteiger partial charge in [-0.25, -0.2) is 4.79 Å². The van der Waals surface area contributed by atoms with E-state index >= 15 is 0 Å². The molecular formula is C10H14N2O3S. The Kier molecular flexibility index (Phi) is 4.42. The molecule has 1 heterocycles. The quantitative estimate of drug-likeness (QED) is 0.817. The van der Waals surface area contributed by atoms with Gasteiger partial charge < -0.3 is 10.4 Å². The van der Waals surface area contributed by atoms with Gasteiger partial charge in [-0.2, -0.15) is 0 Å². The van der Waals surface area contributed by atoms with Crippen LogP contribution in [-0.2, 0) is 4.79 Å². The average Bonchev–Trinajstić information content (AvgIpc) is 2.68. The van der Waals surface area contributed by atoms with Crippen molar-refractivity contribution in [1.82, 2.24) is 10.3 Å².